The van der Waals surface area contributed by atoms with Crippen molar-refractivity contribution in [3.8, 4) is 0 Å². The molecule has 3 nitrogen and oxygen atoms in total. The zero-order valence-electron chi connectivity index (χ0n) is 8.90. The maximum absolute atomic E-state index is 5.91. The Labute approximate surface area is 88.9 Å². The van der Waals surface area contributed by atoms with E-state index in [1.165, 1.54) is 30.7 Å². The van der Waals surface area contributed by atoms with E-state index in [2.05, 4.69) is 16.3 Å². The van der Waals surface area contributed by atoms with Crippen LogP contribution in [0.4, 0.5) is 5.69 Å². The van der Waals surface area contributed by atoms with Gasteiger partial charge in [-0.25, -0.2) is 4.98 Å². The van der Waals surface area contributed by atoms with Gasteiger partial charge in [0.15, 0.2) is 5.65 Å². The molecule has 78 valence electrons. The average molecular weight is 201 g/mol. The lowest BCUT2D eigenvalue weighted by molar-refractivity contribution is 0.411. The molecule has 0 saturated heterocycles. The maximum Gasteiger partial charge on any atom is 0.160 e. The van der Waals surface area contributed by atoms with Crippen molar-refractivity contribution in [1.82, 2.24) is 9.38 Å². The van der Waals surface area contributed by atoms with E-state index in [9.17, 15) is 0 Å². The first-order valence-electron chi connectivity index (χ1n) is 5.50. The highest BCUT2D eigenvalue weighted by atomic mass is 15.0. The van der Waals surface area contributed by atoms with Crippen LogP contribution in [-0.2, 0) is 0 Å². The van der Waals surface area contributed by atoms with Crippen LogP contribution in [0.15, 0.2) is 18.3 Å². The molecule has 0 aromatic carbocycles. The van der Waals surface area contributed by atoms with Gasteiger partial charge in [-0.3, -0.25) is 0 Å². The molecule has 1 aliphatic carbocycles. The molecule has 0 amide bonds. The molecule has 2 N–H and O–H groups in total. The van der Waals surface area contributed by atoms with Crippen LogP contribution in [-0.4, -0.2) is 9.38 Å². The first-order valence-corrected chi connectivity index (χ1v) is 5.50. The van der Waals surface area contributed by atoms with Gasteiger partial charge >= 0.3 is 0 Å². The Hall–Kier alpha value is -1.51. The molecule has 15 heavy (non-hydrogen) atoms. The van der Waals surface area contributed by atoms with Crippen molar-refractivity contribution in [2.45, 2.75) is 32.1 Å². The number of hydrogen-bond donors (Lipinski definition) is 1. The van der Waals surface area contributed by atoms with Gasteiger partial charge in [-0.1, -0.05) is 6.42 Å². The Morgan fingerprint density at radius 1 is 1.47 bits per heavy atom. The van der Waals surface area contributed by atoms with Crippen LogP contribution in [0.5, 0.6) is 0 Å². The van der Waals surface area contributed by atoms with E-state index in [4.69, 9.17) is 5.73 Å². The summed E-state index contributed by atoms with van der Waals surface area (Å²) in [5.74, 6) is 0.671. The van der Waals surface area contributed by atoms with Gasteiger partial charge in [0, 0.05) is 17.8 Å². The highest BCUT2D eigenvalue weighted by Gasteiger charge is 2.24. The third-order valence-corrected chi connectivity index (χ3v) is 3.45. The molecule has 0 aliphatic heterocycles. The Bertz CT molecular complexity index is 509. The van der Waals surface area contributed by atoms with Crippen LogP contribution in [0.25, 0.3) is 5.65 Å². The van der Waals surface area contributed by atoms with E-state index in [1.807, 2.05) is 18.3 Å². The highest BCUT2D eigenvalue weighted by Crippen LogP contribution is 2.37. The minimum Gasteiger partial charge on any atom is -0.396 e. The minimum atomic E-state index is 0.671. The smallest absolute Gasteiger partial charge is 0.160 e. The number of nitrogens with zero attached hydrogens (tertiary/aromatic N) is 2. The van der Waals surface area contributed by atoms with E-state index in [1.54, 1.807) is 0 Å². The molecule has 2 aromatic rings. The van der Waals surface area contributed by atoms with E-state index in [-0.39, 0.29) is 0 Å². The minimum absolute atomic E-state index is 0.671. The second-order valence-electron chi connectivity index (χ2n) is 4.37. The van der Waals surface area contributed by atoms with Crippen LogP contribution < -0.4 is 5.73 Å². The number of fused-ring (bicyclic) bond motifs is 1. The summed E-state index contributed by atoms with van der Waals surface area (Å²) < 4.78 is 2.10. The Morgan fingerprint density at radius 2 is 2.27 bits per heavy atom. The number of nitrogen functional groups attached to an aromatic ring is 1. The van der Waals surface area contributed by atoms with E-state index in [0.717, 1.165) is 11.3 Å². The summed E-state index contributed by atoms with van der Waals surface area (Å²) in [7, 11) is 0. The average Bonchev–Trinajstić information content (AvgIpc) is 2.45. The summed E-state index contributed by atoms with van der Waals surface area (Å²) >= 11 is 0. The summed E-state index contributed by atoms with van der Waals surface area (Å²) in [6, 6.07) is 3.88. The van der Waals surface area contributed by atoms with Gasteiger partial charge in [-0.05, 0) is 31.9 Å². The van der Waals surface area contributed by atoms with Crippen molar-refractivity contribution in [3.63, 3.8) is 0 Å². The predicted molar refractivity (Wildman–Crippen MR) is 60.9 cm³/mol. The van der Waals surface area contributed by atoms with Crippen LogP contribution in [0.1, 0.15) is 36.6 Å². The zero-order chi connectivity index (χ0) is 10.4. The van der Waals surface area contributed by atoms with Gasteiger partial charge in [0.05, 0.1) is 11.4 Å². The standard InChI is InChI=1S/C12H15N3/c1-8-11(9-4-2-5-9)14-12-10(13)6-3-7-15(8)12/h3,6-7,9H,2,4-5,13H2,1H3. The molecule has 0 atom stereocenters. The molecule has 2 aromatic heterocycles. The van der Waals surface area contributed by atoms with Crippen molar-refractivity contribution in [2.24, 2.45) is 0 Å². The van der Waals surface area contributed by atoms with Crippen molar-refractivity contribution in [1.29, 1.82) is 0 Å². The van der Waals surface area contributed by atoms with Crippen molar-refractivity contribution in [2.75, 3.05) is 5.73 Å². The number of pyridine rings is 1. The Morgan fingerprint density at radius 3 is 2.87 bits per heavy atom. The summed E-state index contributed by atoms with van der Waals surface area (Å²) in [6.45, 7) is 2.13. The monoisotopic (exact) mass is 201 g/mol. The largest absolute Gasteiger partial charge is 0.396 e. The first kappa shape index (κ1) is 8.77. The second-order valence-corrected chi connectivity index (χ2v) is 4.37. The number of aryl methyl sites for hydroxylation is 1. The lowest BCUT2D eigenvalue weighted by atomic mass is 9.82. The fraction of sp³-hybridized carbons (Fsp3) is 0.417. The Kier molecular flexibility index (Phi) is 1.75. The molecule has 0 radical (unpaired) electrons. The summed E-state index contributed by atoms with van der Waals surface area (Å²) in [5.41, 5.74) is 10.1. The van der Waals surface area contributed by atoms with E-state index < -0.39 is 0 Å². The van der Waals surface area contributed by atoms with Crippen LogP contribution in [0.2, 0.25) is 0 Å². The van der Waals surface area contributed by atoms with Crippen molar-refractivity contribution < 1.29 is 0 Å². The quantitative estimate of drug-likeness (QED) is 0.770. The Balaban J connectivity index is 2.23. The van der Waals surface area contributed by atoms with Gasteiger partial charge in [-0.15, -0.1) is 0 Å². The number of anilines is 1. The maximum atomic E-state index is 5.91. The van der Waals surface area contributed by atoms with Crippen molar-refractivity contribution in [3.05, 3.63) is 29.7 Å². The van der Waals surface area contributed by atoms with Crippen LogP contribution >= 0.6 is 0 Å². The van der Waals surface area contributed by atoms with Gasteiger partial charge in [0.25, 0.3) is 0 Å². The lowest BCUT2D eigenvalue weighted by Gasteiger charge is -2.23. The lowest BCUT2D eigenvalue weighted by Crippen LogP contribution is -2.10. The van der Waals surface area contributed by atoms with Gasteiger partial charge in [0.2, 0.25) is 0 Å². The van der Waals surface area contributed by atoms with E-state index >= 15 is 0 Å². The van der Waals surface area contributed by atoms with Gasteiger partial charge in [0.1, 0.15) is 0 Å². The van der Waals surface area contributed by atoms with Gasteiger partial charge < -0.3 is 10.1 Å². The topological polar surface area (TPSA) is 43.3 Å². The third kappa shape index (κ3) is 1.16. The number of imidazole rings is 1. The molecular weight excluding hydrogens is 186 g/mol. The van der Waals surface area contributed by atoms with Crippen LogP contribution in [0, 0.1) is 6.92 Å². The molecule has 3 rings (SSSR count). The third-order valence-electron chi connectivity index (χ3n) is 3.45. The van der Waals surface area contributed by atoms with Crippen LogP contribution in [0.3, 0.4) is 0 Å². The molecule has 1 aliphatic rings. The van der Waals surface area contributed by atoms with E-state index in [0.29, 0.717) is 5.92 Å². The molecule has 1 fully saturated rings. The van der Waals surface area contributed by atoms with Crippen molar-refractivity contribution >= 4 is 11.3 Å². The molecule has 3 heteroatoms. The molecule has 1 saturated carbocycles. The highest BCUT2D eigenvalue weighted by molar-refractivity contribution is 5.65. The number of nitrogens with two attached hydrogens (primary N) is 1. The first-order chi connectivity index (χ1) is 7.27. The number of rotatable bonds is 1. The summed E-state index contributed by atoms with van der Waals surface area (Å²) in [5, 5.41) is 0. The normalized spacial score (nSPS) is 16.9. The molecule has 0 bridgehead atoms. The summed E-state index contributed by atoms with van der Waals surface area (Å²) in [4.78, 5) is 4.67. The second kappa shape index (κ2) is 2.99. The zero-order valence-corrected chi connectivity index (χ0v) is 8.90. The molecule has 0 spiro atoms. The fourth-order valence-corrected chi connectivity index (χ4v) is 2.29. The SMILES string of the molecule is Cc1c(C2CCC2)nc2c(N)cccn12. The molecular formula is C12H15N3. The molecule has 0 unspecified atom stereocenters. The predicted octanol–water partition coefficient (Wildman–Crippen LogP) is 2.49. The van der Waals surface area contributed by atoms with Gasteiger partial charge in [-0.2, -0.15) is 0 Å². The number of hydrogen-bond acceptors (Lipinski definition) is 2. The number of aromatic nitrogens is 2. The summed E-state index contributed by atoms with van der Waals surface area (Å²) in [6.07, 6.45) is 5.94. The fourth-order valence-electron chi connectivity index (χ4n) is 2.29. The molecule has 2 heterocycles.